The first kappa shape index (κ1) is 19.1. The lowest BCUT2D eigenvalue weighted by molar-refractivity contribution is 0.238. The molecule has 0 fully saturated rings. The molecule has 0 saturated carbocycles. The Bertz CT molecular complexity index is 816. The lowest BCUT2D eigenvalue weighted by atomic mass is 9.85. The second kappa shape index (κ2) is 8.31. The van der Waals surface area contributed by atoms with Crippen molar-refractivity contribution in [2.75, 3.05) is 0 Å². The molecule has 140 valence electrons. The third kappa shape index (κ3) is 5.14. The number of hydrogen-bond acceptors (Lipinski definition) is 4. The van der Waals surface area contributed by atoms with Crippen LogP contribution in [0.3, 0.4) is 0 Å². The molecule has 0 bridgehead atoms. The van der Waals surface area contributed by atoms with Gasteiger partial charge in [0, 0.05) is 37.6 Å². The van der Waals surface area contributed by atoms with E-state index in [9.17, 15) is 5.11 Å². The summed E-state index contributed by atoms with van der Waals surface area (Å²) in [5.74, 6) is 0.386. The maximum atomic E-state index is 10.8. The van der Waals surface area contributed by atoms with Crippen molar-refractivity contribution in [2.24, 2.45) is 0 Å². The summed E-state index contributed by atoms with van der Waals surface area (Å²) in [6.07, 6.45) is 3.62. The largest absolute Gasteiger partial charge is 0.507 e. The number of phenolic OH excluding ortho intramolecular Hbond substituents is 1. The second-order valence-electron chi connectivity index (χ2n) is 7.85. The zero-order chi connectivity index (χ0) is 19.3. The molecular weight excluding hydrogens is 334 g/mol. The Kier molecular flexibility index (Phi) is 5.87. The number of aromatic hydroxyl groups is 1. The SMILES string of the molecule is CC(C)(C)c1cccc(CN(Cc2ccccn2)Cc2ccccn2)c1O. The predicted molar refractivity (Wildman–Crippen MR) is 108 cm³/mol. The smallest absolute Gasteiger partial charge is 0.123 e. The fourth-order valence-corrected chi connectivity index (χ4v) is 3.17. The molecule has 1 aromatic carbocycles. The molecule has 0 aliphatic carbocycles. The molecule has 2 heterocycles. The monoisotopic (exact) mass is 361 g/mol. The Hall–Kier alpha value is -2.72. The number of nitrogens with zero attached hydrogens (tertiary/aromatic N) is 3. The molecule has 2 aromatic heterocycles. The fraction of sp³-hybridized carbons (Fsp3) is 0.304. The van der Waals surface area contributed by atoms with Gasteiger partial charge in [0.1, 0.15) is 5.75 Å². The van der Waals surface area contributed by atoms with Crippen molar-refractivity contribution in [3.05, 3.63) is 89.5 Å². The Labute approximate surface area is 161 Å². The summed E-state index contributed by atoms with van der Waals surface area (Å²) >= 11 is 0. The third-order valence-electron chi connectivity index (χ3n) is 4.55. The second-order valence-corrected chi connectivity index (χ2v) is 7.85. The molecule has 3 aromatic rings. The van der Waals surface area contributed by atoms with E-state index >= 15 is 0 Å². The van der Waals surface area contributed by atoms with E-state index in [1.54, 1.807) is 0 Å². The minimum atomic E-state index is -0.104. The molecule has 0 atom stereocenters. The van der Waals surface area contributed by atoms with Gasteiger partial charge in [0.25, 0.3) is 0 Å². The van der Waals surface area contributed by atoms with Gasteiger partial charge in [-0.25, -0.2) is 0 Å². The Morgan fingerprint density at radius 3 is 1.85 bits per heavy atom. The minimum absolute atomic E-state index is 0.104. The molecule has 0 unspecified atom stereocenters. The maximum Gasteiger partial charge on any atom is 0.123 e. The normalized spacial score (nSPS) is 11.7. The number of pyridine rings is 2. The lowest BCUT2D eigenvalue weighted by Gasteiger charge is -2.25. The standard InChI is InChI=1S/C23H27N3O/c1-23(2,3)21-12-8-9-18(22(21)27)15-26(16-19-10-4-6-13-24-19)17-20-11-5-7-14-25-20/h4-14,27H,15-17H2,1-3H3. The van der Waals surface area contributed by atoms with Crippen molar-refractivity contribution in [3.63, 3.8) is 0 Å². The summed E-state index contributed by atoms with van der Waals surface area (Å²) in [7, 11) is 0. The van der Waals surface area contributed by atoms with Crippen LogP contribution in [0.25, 0.3) is 0 Å². The predicted octanol–water partition coefficient (Wildman–Crippen LogP) is 4.68. The number of aromatic nitrogens is 2. The number of hydrogen-bond donors (Lipinski definition) is 1. The zero-order valence-electron chi connectivity index (χ0n) is 16.3. The molecule has 27 heavy (non-hydrogen) atoms. The molecule has 0 amide bonds. The van der Waals surface area contributed by atoms with E-state index in [0.717, 1.165) is 22.5 Å². The number of para-hydroxylation sites is 1. The van der Waals surface area contributed by atoms with E-state index in [1.165, 1.54) is 0 Å². The highest BCUT2D eigenvalue weighted by Crippen LogP contribution is 2.33. The van der Waals surface area contributed by atoms with Crippen LogP contribution in [0.1, 0.15) is 43.3 Å². The van der Waals surface area contributed by atoms with Crippen LogP contribution >= 0.6 is 0 Å². The van der Waals surface area contributed by atoms with Crippen LogP contribution in [0.4, 0.5) is 0 Å². The Morgan fingerprint density at radius 1 is 0.778 bits per heavy atom. The van der Waals surface area contributed by atoms with Crippen LogP contribution in [-0.4, -0.2) is 20.0 Å². The topological polar surface area (TPSA) is 49.2 Å². The third-order valence-corrected chi connectivity index (χ3v) is 4.55. The van der Waals surface area contributed by atoms with E-state index < -0.39 is 0 Å². The van der Waals surface area contributed by atoms with Crippen LogP contribution in [0, 0.1) is 0 Å². The summed E-state index contributed by atoms with van der Waals surface area (Å²) in [6.45, 7) is 8.36. The van der Waals surface area contributed by atoms with Crippen LogP contribution < -0.4 is 0 Å². The summed E-state index contributed by atoms with van der Waals surface area (Å²) < 4.78 is 0. The minimum Gasteiger partial charge on any atom is -0.507 e. The summed E-state index contributed by atoms with van der Waals surface area (Å²) in [6, 6.07) is 17.9. The van der Waals surface area contributed by atoms with Gasteiger partial charge in [-0.1, -0.05) is 51.1 Å². The van der Waals surface area contributed by atoms with Gasteiger partial charge < -0.3 is 5.11 Å². The van der Waals surface area contributed by atoms with Crippen molar-refractivity contribution >= 4 is 0 Å². The van der Waals surface area contributed by atoms with Crippen LogP contribution in [-0.2, 0) is 25.0 Å². The number of benzene rings is 1. The highest BCUT2D eigenvalue weighted by atomic mass is 16.3. The average Bonchev–Trinajstić information content (AvgIpc) is 2.64. The maximum absolute atomic E-state index is 10.8. The van der Waals surface area contributed by atoms with Gasteiger partial charge in [-0.2, -0.15) is 0 Å². The molecule has 3 rings (SSSR count). The summed E-state index contributed by atoms with van der Waals surface area (Å²) in [5.41, 5.74) is 3.79. The summed E-state index contributed by atoms with van der Waals surface area (Å²) in [4.78, 5) is 11.2. The van der Waals surface area contributed by atoms with Crippen molar-refractivity contribution in [3.8, 4) is 5.75 Å². The van der Waals surface area contributed by atoms with Crippen molar-refractivity contribution in [1.82, 2.24) is 14.9 Å². The van der Waals surface area contributed by atoms with Gasteiger partial charge >= 0.3 is 0 Å². The van der Waals surface area contributed by atoms with Gasteiger partial charge in [-0.15, -0.1) is 0 Å². The highest BCUT2D eigenvalue weighted by Gasteiger charge is 2.21. The van der Waals surface area contributed by atoms with E-state index in [0.29, 0.717) is 25.4 Å². The van der Waals surface area contributed by atoms with Crippen molar-refractivity contribution in [1.29, 1.82) is 0 Å². The van der Waals surface area contributed by atoms with Gasteiger partial charge in [0.15, 0.2) is 0 Å². The molecule has 0 spiro atoms. The average molecular weight is 361 g/mol. The first-order valence-corrected chi connectivity index (χ1v) is 9.27. The first-order valence-electron chi connectivity index (χ1n) is 9.27. The molecule has 4 nitrogen and oxygen atoms in total. The van der Waals surface area contributed by atoms with Crippen LogP contribution in [0.15, 0.2) is 67.0 Å². The van der Waals surface area contributed by atoms with E-state index in [2.05, 4.69) is 35.6 Å². The first-order chi connectivity index (χ1) is 12.9. The quantitative estimate of drug-likeness (QED) is 0.692. The van der Waals surface area contributed by atoms with E-state index in [4.69, 9.17) is 0 Å². The molecule has 1 N–H and O–H groups in total. The van der Waals surface area contributed by atoms with Gasteiger partial charge in [0.05, 0.1) is 11.4 Å². The molecule has 0 aliphatic rings. The number of phenols is 1. The fourth-order valence-electron chi connectivity index (χ4n) is 3.17. The van der Waals surface area contributed by atoms with Gasteiger partial charge in [0.2, 0.25) is 0 Å². The van der Waals surface area contributed by atoms with Crippen molar-refractivity contribution in [2.45, 2.75) is 45.8 Å². The van der Waals surface area contributed by atoms with Crippen LogP contribution in [0.2, 0.25) is 0 Å². The number of rotatable bonds is 6. The van der Waals surface area contributed by atoms with Crippen molar-refractivity contribution < 1.29 is 5.11 Å². The Morgan fingerprint density at radius 2 is 1.37 bits per heavy atom. The zero-order valence-corrected chi connectivity index (χ0v) is 16.3. The Balaban J connectivity index is 1.87. The van der Waals surface area contributed by atoms with Gasteiger partial charge in [-0.05, 0) is 35.2 Å². The lowest BCUT2D eigenvalue weighted by Crippen LogP contribution is -2.24. The molecule has 4 heteroatoms. The summed E-state index contributed by atoms with van der Waals surface area (Å²) in [5, 5.41) is 10.8. The van der Waals surface area contributed by atoms with Gasteiger partial charge in [-0.3, -0.25) is 14.9 Å². The highest BCUT2D eigenvalue weighted by molar-refractivity contribution is 5.44. The molecule has 0 aliphatic heterocycles. The van der Waals surface area contributed by atoms with E-state index in [-0.39, 0.29) is 5.41 Å². The molecule has 0 radical (unpaired) electrons. The molecular formula is C23H27N3O. The molecule has 0 saturated heterocycles. The van der Waals surface area contributed by atoms with E-state index in [1.807, 2.05) is 67.0 Å². The van der Waals surface area contributed by atoms with Crippen LogP contribution in [0.5, 0.6) is 5.75 Å².